The zero-order chi connectivity index (χ0) is 13.1. The van der Waals surface area contributed by atoms with Crippen LogP contribution in [0, 0.1) is 6.92 Å². The fraction of sp³-hybridized carbons (Fsp3) is 0.562. The van der Waals surface area contributed by atoms with Gasteiger partial charge in [0, 0.05) is 17.6 Å². The summed E-state index contributed by atoms with van der Waals surface area (Å²) in [5.74, 6) is 0.258. The van der Waals surface area contributed by atoms with E-state index >= 15 is 0 Å². The number of likely N-dealkylation sites (tertiary alicyclic amines) is 1. The van der Waals surface area contributed by atoms with Gasteiger partial charge < -0.3 is 0 Å². The Labute approximate surface area is 110 Å². The molecule has 1 aromatic rings. The Balaban J connectivity index is 2.09. The molecule has 0 amide bonds. The lowest BCUT2D eigenvalue weighted by molar-refractivity contribution is 0.0734. The number of piperidine rings is 1. The molecule has 2 atom stereocenters. The molecule has 2 heteroatoms. The van der Waals surface area contributed by atoms with Gasteiger partial charge in [-0.05, 0) is 39.2 Å². The van der Waals surface area contributed by atoms with Crippen molar-refractivity contribution in [2.45, 2.75) is 52.1 Å². The predicted molar refractivity (Wildman–Crippen MR) is 75.0 cm³/mol. The monoisotopic (exact) mass is 245 g/mol. The molecule has 2 nitrogen and oxygen atoms in total. The van der Waals surface area contributed by atoms with E-state index in [1.807, 2.05) is 31.2 Å². The van der Waals surface area contributed by atoms with Crippen LogP contribution >= 0.6 is 0 Å². The number of Topliss-reactive ketones (excluding diaryl/α,β-unsaturated/α-hetero) is 1. The topological polar surface area (TPSA) is 20.3 Å². The second-order valence-corrected chi connectivity index (χ2v) is 5.54. The standard InChI is InChI=1S/C16H23NO/c1-12-7-4-5-10-15(12)16(18)11-17-13(2)8-6-9-14(17)3/h4-5,7,10,13-14H,6,8-9,11H2,1-3H3/t13-,14+. The summed E-state index contributed by atoms with van der Waals surface area (Å²) < 4.78 is 0. The quantitative estimate of drug-likeness (QED) is 0.760. The van der Waals surface area contributed by atoms with Crippen molar-refractivity contribution >= 4 is 5.78 Å². The third kappa shape index (κ3) is 2.81. The first-order valence-electron chi connectivity index (χ1n) is 6.94. The summed E-state index contributed by atoms with van der Waals surface area (Å²) in [5, 5.41) is 0. The molecule has 0 N–H and O–H groups in total. The second-order valence-electron chi connectivity index (χ2n) is 5.54. The molecule has 1 saturated heterocycles. The molecule has 1 fully saturated rings. The molecular formula is C16H23NO. The van der Waals surface area contributed by atoms with Crippen LogP contribution in [-0.4, -0.2) is 29.3 Å². The molecule has 1 aromatic carbocycles. The largest absolute Gasteiger partial charge is 0.293 e. The molecule has 0 radical (unpaired) electrons. The number of benzene rings is 1. The molecule has 0 bridgehead atoms. The molecule has 0 aromatic heterocycles. The van der Waals surface area contributed by atoms with Crippen LogP contribution in [0.2, 0.25) is 0 Å². The summed E-state index contributed by atoms with van der Waals surface area (Å²) in [4.78, 5) is 14.7. The lowest BCUT2D eigenvalue weighted by Crippen LogP contribution is -2.46. The Bertz CT molecular complexity index is 417. The van der Waals surface area contributed by atoms with Crippen LogP contribution in [-0.2, 0) is 0 Å². The van der Waals surface area contributed by atoms with Crippen LogP contribution in [0.15, 0.2) is 24.3 Å². The van der Waals surface area contributed by atoms with Gasteiger partial charge in [0.1, 0.15) is 0 Å². The highest BCUT2D eigenvalue weighted by atomic mass is 16.1. The van der Waals surface area contributed by atoms with E-state index < -0.39 is 0 Å². The van der Waals surface area contributed by atoms with Gasteiger partial charge in [0.25, 0.3) is 0 Å². The van der Waals surface area contributed by atoms with Crippen LogP contribution in [0.25, 0.3) is 0 Å². The number of ketones is 1. The van der Waals surface area contributed by atoms with E-state index in [9.17, 15) is 4.79 Å². The first-order valence-corrected chi connectivity index (χ1v) is 6.94. The van der Waals surface area contributed by atoms with Crippen LogP contribution in [0.4, 0.5) is 0 Å². The van der Waals surface area contributed by atoms with Gasteiger partial charge in [-0.25, -0.2) is 0 Å². The number of carbonyl (C=O) groups excluding carboxylic acids is 1. The van der Waals surface area contributed by atoms with Gasteiger partial charge >= 0.3 is 0 Å². The van der Waals surface area contributed by atoms with E-state index in [0.29, 0.717) is 18.6 Å². The zero-order valence-electron chi connectivity index (χ0n) is 11.6. The fourth-order valence-corrected chi connectivity index (χ4v) is 2.92. The van der Waals surface area contributed by atoms with Crippen LogP contribution in [0.3, 0.4) is 0 Å². The van der Waals surface area contributed by atoms with Crippen molar-refractivity contribution in [2.75, 3.05) is 6.54 Å². The van der Waals surface area contributed by atoms with E-state index in [0.717, 1.165) is 11.1 Å². The lowest BCUT2D eigenvalue weighted by atomic mass is 9.96. The minimum atomic E-state index is 0.258. The van der Waals surface area contributed by atoms with Crippen LogP contribution < -0.4 is 0 Å². The SMILES string of the molecule is Cc1ccccc1C(=O)CN1[C@H](C)CCC[C@@H]1C. The average molecular weight is 245 g/mol. The predicted octanol–water partition coefficient (Wildman–Crippen LogP) is 3.44. The van der Waals surface area contributed by atoms with E-state index in [2.05, 4.69) is 18.7 Å². The summed E-state index contributed by atoms with van der Waals surface area (Å²) in [7, 11) is 0. The number of nitrogens with zero attached hydrogens (tertiary/aromatic N) is 1. The van der Waals surface area contributed by atoms with Gasteiger partial charge in [-0.3, -0.25) is 9.69 Å². The number of carbonyl (C=O) groups is 1. The summed E-state index contributed by atoms with van der Waals surface area (Å²) in [6.07, 6.45) is 3.72. The Morgan fingerprint density at radius 3 is 2.44 bits per heavy atom. The van der Waals surface area contributed by atoms with E-state index in [4.69, 9.17) is 0 Å². The van der Waals surface area contributed by atoms with Crippen LogP contribution in [0.5, 0.6) is 0 Å². The first-order chi connectivity index (χ1) is 8.59. The van der Waals surface area contributed by atoms with Crippen molar-refractivity contribution < 1.29 is 4.79 Å². The molecule has 1 aliphatic heterocycles. The van der Waals surface area contributed by atoms with E-state index in [1.54, 1.807) is 0 Å². The molecule has 0 aliphatic carbocycles. The summed E-state index contributed by atoms with van der Waals surface area (Å²) in [6.45, 7) is 7.05. The van der Waals surface area contributed by atoms with Gasteiger partial charge in [-0.15, -0.1) is 0 Å². The average Bonchev–Trinajstić information content (AvgIpc) is 2.34. The molecular weight excluding hydrogens is 222 g/mol. The van der Waals surface area contributed by atoms with Crippen molar-refractivity contribution in [2.24, 2.45) is 0 Å². The Morgan fingerprint density at radius 2 is 1.83 bits per heavy atom. The number of aryl methyl sites for hydroxylation is 1. The van der Waals surface area contributed by atoms with Gasteiger partial charge in [-0.2, -0.15) is 0 Å². The molecule has 1 heterocycles. The lowest BCUT2D eigenvalue weighted by Gasteiger charge is -2.38. The van der Waals surface area contributed by atoms with E-state index in [1.165, 1.54) is 19.3 Å². The first kappa shape index (κ1) is 13.3. The molecule has 0 unspecified atom stereocenters. The highest BCUT2D eigenvalue weighted by Crippen LogP contribution is 2.23. The second kappa shape index (κ2) is 5.66. The summed E-state index contributed by atoms with van der Waals surface area (Å²) in [6, 6.07) is 8.94. The summed E-state index contributed by atoms with van der Waals surface area (Å²) >= 11 is 0. The smallest absolute Gasteiger partial charge is 0.177 e. The maximum atomic E-state index is 12.4. The van der Waals surface area contributed by atoms with Gasteiger partial charge in [0.05, 0.1) is 6.54 Å². The molecule has 0 spiro atoms. The number of rotatable bonds is 3. The molecule has 1 aliphatic rings. The van der Waals surface area contributed by atoms with Gasteiger partial charge in [0.15, 0.2) is 5.78 Å². The normalized spacial score (nSPS) is 25.1. The van der Waals surface area contributed by atoms with Crippen molar-refractivity contribution in [1.82, 2.24) is 4.90 Å². The van der Waals surface area contributed by atoms with Crippen LogP contribution in [0.1, 0.15) is 49.0 Å². The van der Waals surface area contributed by atoms with Crippen molar-refractivity contribution in [3.8, 4) is 0 Å². The fourth-order valence-electron chi connectivity index (χ4n) is 2.92. The van der Waals surface area contributed by atoms with Crippen molar-refractivity contribution in [3.05, 3.63) is 35.4 Å². The third-order valence-electron chi connectivity index (χ3n) is 4.15. The van der Waals surface area contributed by atoms with Crippen molar-refractivity contribution in [1.29, 1.82) is 0 Å². The molecule has 2 rings (SSSR count). The Hall–Kier alpha value is -1.15. The van der Waals surface area contributed by atoms with Gasteiger partial charge in [0.2, 0.25) is 0 Å². The third-order valence-corrected chi connectivity index (χ3v) is 4.15. The maximum Gasteiger partial charge on any atom is 0.177 e. The Kier molecular flexibility index (Phi) is 4.18. The molecule has 18 heavy (non-hydrogen) atoms. The minimum absolute atomic E-state index is 0.258. The molecule has 0 saturated carbocycles. The number of hydrogen-bond donors (Lipinski definition) is 0. The molecule has 98 valence electrons. The Morgan fingerprint density at radius 1 is 1.22 bits per heavy atom. The van der Waals surface area contributed by atoms with E-state index in [-0.39, 0.29) is 5.78 Å². The zero-order valence-corrected chi connectivity index (χ0v) is 11.6. The minimum Gasteiger partial charge on any atom is -0.293 e. The number of hydrogen-bond acceptors (Lipinski definition) is 2. The maximum absolute atomic E-state index is 12.4. The highest BCUT2D eigenvalue weighted by molar-refractivity contribution is 5.98. The highest BCUT2D eigenvalue weighted by Gasteiger charge is 2.26. The van der Waals surface area contributed by atoms with Crippen molar-refractivity contribution in [3.63, 3.8) is 0 Å². The van der Waals surface area contributed by atoms with Gasteiger partial charge in [-0.1, -0.05) is 30.7 Å². The summed E-state index contributed by atoms with van der Waals surface area (Å²) in [5.41, 5.74) is 1.96.